The van der Waals surface area contributed by atoms with E-state index in [0.29, 0.717) is 29.5 Å². The van der Waals surface area contributed by atoms with Crippen molar-refractivity contribution < 1.29 is 14.7 Å². The van der Waals surface area contributed by atoms with Crippen LogP contribution in [0.2, 0.25) is 0 Å². The third-order valence-electron chi connectivity index (χ3n) is 5.10. The van der Waals surface area contributed by atoms with Crippen molar-refractivity contribution in [3.8, 4) is 0 Å². The minimum absolute atomic E-state index is 0.0757. The second kappa shape index (κ2) is 8.51. The molecule has 6 nitrogen and oxygen atoms in total. The number of carboxylic acids is 1. The highest BCUT2D eigenvalue weighted by molar-refractivity contribution is 7.12. The second-order valence-corrected chi connectivity index (χ2v) is 8.02. The smallest absolute Gasteiger partial charge is 0.339 e. The van der Waals surface area contributed by atoms with E-state index >= 15 is 0 Å². The highest BCUT2D eigenvalue weighted by atomic mass is 32.1. The predicted molar refractivity (Wildman–Crippen MR) is 119 cm³/mol. The van der Waals surface area contributed by atoms with Gasteiger partial charge in [-0.3, -0.25) is 4.79 Å². The van der Waals surface area contributed by atoms with Gasteiger partial charge in [-0.25, -0.2) is 9.78 Å². The number of rotatable bonds is 5. The molecule has 1 amide bonds. The molecule has 30 heavy (non-hydrogen) atoms. The first-order chi connectivity index (χ1) is 14.5. The zero-order valence-corrected chi connectivity index (χ0v) is 17.3. The fourth-order valence-corrected chi connectivity index (χ4v) is 4.19. The topological polar surface area (TPSA) is 82.5 Å². The summed E-state index contributed by atoms with van der Waals surface area (Å²) < 4.78 is 0. The van der Waals surface area contributed by atoms with Crippen LogP contribution in [0.15, 0.2) is 60.1 Å². The molecular weight excluding hydrogens is 398 g/mol. The molecule has 152 valence electrons. The molecule has 0 saturated carbocycles. The van der Waals surface area contributed by atoms with Gasteiger partial charge in [0.1, 0.15) is 11.4 Å². The van der Waals surface area contributed by atoms with Crippen LogP contribution < -0.4 is 10.2 Å². The molecule has 4 rings (SSSR count). The third kappa shape index (κ3) is 4.11. The van der Waals surface area contributed by atoms with Gasteiger partial charge >= 0.3 is 5.97 Å². The first kappa shape index (κ1) is 19.8. The Hall–Kier alpha value is -3.45. The van der Waals surface area contributed by atoms with E-state index in [0.717, 1.165) is 6.42 Å². The van der Waals surface area contributed by atoms with Gasteiger partial charge in [-0.15, -0.1) is 11.3 Å². The molecule has 0 fully saturated rings. The van der Waals surface area contributed by atoms with Gasteiger partial charge in [0.15, 0.2) is 0 Å². The maximum atomic E-state index is 12.2. The fourth-order valence-electron chi connectivity index (χ4n) is 3.58. The molecule has 2 aromatic heterocycles. The molecule has 3 aromatic rings. The molecule has 1 aromatic carbocycles. The maximum absolute atomic E-state index is 12.2. The number of pyridine rings is 1. The van der Waals surface area contributed by atoms with Gasteiger partial charge in [0.25, 0.3) is 5.91 Å². The van der Waals surface area contributed by atoms with Gasteiger partial charge in [0.2, 0.25) is 0 Å². The van der Waals surface area contributed by atoms with E-state index in [-0.39, 0.29) is 11.5 Å². The Kier molecular flexibility index (Phi) is 5.63. The second-order valence-electron chi connectivity index (χ2n) is 7.07. The fraction of sp³-hybridized carbons (Fsp3) is 0.174. The number of benzene rings is 1. The number of aromatic nitrogens is 1. The van der Waals surface area contributed by atoms with Crippen molar-refractivity contribution in [3.05, 3.63) is 81.7 Å². The van der Waals surface area contributed by atoms with Crippen molar-refractivity contribution >= 4 is 40.3 Å². The van der Waals surface area contributed by atoms with Crippen LogP contribution >= 0.6 is 11.3 Å². The number of aryl methyl sites for hydroxylation is 1. The first-order valence-corrected chi connectivity index (χ1v) is 10.5. The SMILES string of the molecule is Cc1ccccc1C1=CCN(c2ncc(NC(=O)c3cccs3)cc2C(=O)O)CC1. The van der Waals surface area contributed by atoms with Crippen LogP contribution in [0.25, 0.3) is 5.57 Å². The van der Waals surface area contributed by atoms with Crippen molar-refractivity contribution in [3.63, 3.8) is 0 Å². The third-order valence-corrected chi connectivity index (χ3v) is 5.97. The molecule has 2 N–H and O–H groups in total. The first-order valence-electron chi connectivity index (χ1n) is 9.61. The van der Waals surface area contributed by atoms with Gasteiger partial charge in [-0.1, -0.05) is 36.4 Å². The van der Waals surface area contributed by atoms with E-state index in [2.05, 4.69) is 35.4 Å². The van der Waals surface area contributed by atoms with Crippen molar-refractivity contribution in [1.82, 2.24) is 4.98 Å². The van der Waals surface area contributed by atoms with Crippen LogP contribution in [0.4, 0.5) is 11.5 Å². The summed E-state index contributed by atoms with van der Waals surface area (Å²) >= 11 is 1.32. The van der Waals surface area contributed by atoms with Gasteiger partial charge in [0.05, 0.1) is 16.8 Å². The summed E-state index contributed by atoms with van der Waals surface area (Å²) in [6.45, 7) is 3.35. The van der Waals surface area contributed by atoms with Gasteiger partial charge < -0.3 is 15.3 Å². The monoisotopic (exact) mass is 419 g/mol. The van der Waals surface area contributed by atoms with E-state index in [9.17, 15) is 14.7 Å². The number of carboxylic acid groups (broad SMARTS) is 1. The predicted octanol–water partition coefficient (Wildman–Crippen LogP) is 4.70. The molecule has 0 aliphatic carbocycles. The Morgan fingerprint density at radius 3 is 2.70 bits per heavy atom. The molecule has 0 spiro atoms. The van der Waals surface area contributed by atoms with Gasteiger partial charge in [-0.2, -0.15) is 0 Å². The average Bonchev–Trinajstić information content (AvgIpc) is 3.29. The normalized spacial score (nSPS) is 13.6. The lowest BCUT2D eigenvalue weighted by Gasteiger charge is -2.29. The molecule has 7 heteroatoms. The summed E-state index contributed by atoms with van der Waals surface area (Å²) in [6.07, 6.45) is 4.45. The summed E-state index contributed by atoms with van der Waals surface area (Å²) in [6, 6.07) is 13.2. The van der Waals surface area contributed by atoms with E-state index in [1.165, 1.54) is 40.3 Å². The van der Waals surface area contributed by atoms with E-state index in [1.54, 1.807) is 12.1 Å². The standard InChI is InChI=1S/C23H21N3O3S/c1-15-5-2-3-6-18(15)16-8-10-26(11-9-16)21-19(23(28)29)13-17(14-24-21)25-22(27)20-7-4-12-30-20/h2-8,12-14H,9-11H2,1H3,(H,25,27)(H,28,29). The maximum Gasteiger partial charge on any atom is 0.339 e. The number of anilines is 2. The summed E-state index contributed by atoms with van der Waals surface area (Å²) in [5, 5.41) is 14.2. The number of carbonyl (C=O) groups is 2. The van der Waals surface area contributed by atoms with Crippen molar-refractivity contribution in [1.29, 1.82) is 0 Å². The van der Waals surface area contributed by atoms with Crippen LogP contribution in [0.5, 0.6) is 0 Å². The van der Waals surface area contributed by atoms with Crippen molar-refractivity contribution in [2.75, 3.05) is 23.3 Å². The van der Waals surface area contributed by atoms with Crippen LogP contribution in [0.1, 0.15) is 37.6 Å². The Morgan fingerprint density at radius 2 is 2.03 bits per heavy atom. The van der Waals surface area contributed by atoms with Crippen LogP contribution in [-0.4, -0.2) is 35.1 Å². The summed E-state index contributed by atoms with van der Waals surface area (Å²) in [5.41, 5.74) is 4.16. The quantitative estimate of drug-likeness (QED) is 0.627. The Bertz CT molecular complexity index is 1120. The largest absolute Gasteiger partial charge is 0.478 e. The van der Waals surface area contributed by atoms with Crippen molar-refractivity contribution in [2.24, 2.45) is 0 Å². The zero-order valence-electron chi connectivity index (χ0n) is 16.5. The molecule has 1 aliphatic rings. The molecule has 0 radical (unpaired) electrons. The Labute approximate surface area is 178 Å². The summed E-state index contributed by atoms with van der Waals surface area (Å²) in [7, 11) is 0. The number of amides is 1. The molecule has 0 bridgehead atoms. The number of carbonyl (C=O) groups excluding carboxylic acids is 1. The molecule has 0 saturated heterocycles. The molecule has 3 heterocycles. The lowest BCUT2D eigenvalue weighted by Crippen LogP contribution is -2.30. The number of hydrogen-bond acceptors (Lipinski definition) is 5. The van der Waals surface area contributed by atoms with Gasteiger partial charge in [0, 0.05) is 13.1 Å². The molecule has 0 unspecified atom stereocenters. The molecule has 0 atom stereocenters. The highest BCUT2D eigenvalue weighted by Gasteiger charge is 2.22. The number of aromatic carboxylic acids is 1. The highest BCUT2D eigenvalue weighted by Crippen LogP contribution is 2.29. The zero-order chi connectivity index (χ0) is 21.1. The lowest BCUT2D eigenvalue weighted by molar-refractivity contribution is 0.0696. The number of hydrogen-bond donors (Lipinski definition) is 2. The van der Waals surface area contributed by atoms with Gasteiger partial charge in [-0.05, 0) is 47.6 Å². The van der Waals surface area contributed by atoms with E-state index in [4.69, 9.17) is 0 Å². The van der Waals surface area contributed by atoms with Crippen LogP contribution in [0, 0.1) is 6.92 Å². The Balaban J connectivity index is 1.55. The minimum Gasteiger partial charge on any atom is -0.478 e. The average molecular weight is 420 g/mol. The molecular formula is C23H21N3O3S. The number of nitrogens with zero attached hydrogens (tertiary/aromatic N) is 2. The lowest BCUT2D eigenvalue weighted by atomic mass is 9.95. The van der Waals surface area contributed by atoms with Crippen LogP contribution in [0.3, 0.4) is 0 Å². The number of thiophene rings is 1. The van der Waals surface area contributed by atoms with Crippen molar-refractivity contribution in [2.45, 2.75) is 13.3 Å². The molecule has 1 aliphatic heterocycles. The van der Waals surface area contributed by atoms with Crippen LogP contribution in [-0.2, 0) is 0 Å². The summed E-state index contributed by atoms with van der Waals surface area (Å²) in [4.78, 5) is 31.0. The van der Waals surface area contributed by atoms with E-state index in [1.807, 2.05) is 22.4 Å². The summed E-state index contributed by atoms with van der Waals surface area (Å²) in [5.74, 6) is -0.935. The minimum atomic E-state index is -1.07. The van der Waals surface area contributed by atoms with E-state index < -0.39 is 5.97 Å². The Morgan fingerprint density at radius 1 is 1.20 bits per heavy atom. The number of nitrogens with one attached hydrogen (secondary N) is 1.